The molecular formula is C22H16FN3O3. The number of carbonyl (C=O) groups is 3. The molecule has 2 aromatic carbocycles. The minimum Gasteiger partial charge on any atom is -0.292 e. The van der Waals surface area contributed by atoms with Crippen LogP contribution < -0.4 is 4.90 Å². The van der Waals surface area contributed by atoms with Crippen molar-refractivity contribution in [2.24, 2.45) is 16.9 Å². The maximum absolute atomic E-state index is 13.3. The molecule has 3 heterocycles. The first-order chi connectivity index (χ1) is 14.1. The van der Waals surface area contributed by atoms with Crippen molar-refractivity contribution in [3.05, 3.63) is 78.1 Å². The van der Waals surface area contributed by atoms with Crippen LogP contribution in [0.3, 0.4) is 0 Å². The van der Waals surface area contributed by atoms with Crippen molar-refractivity contribution in [3.8, 4) is 0 Å². The minimum absolute atomic E-state index is 0.277. The van der Waals surface area contributed by atoms with E-state index in [0.717, 1.165) is 0 Å². The summed E-state index contributed by atoms with van der Waals surface area (Å²) in [6.45, 7) is 0. The molecule has 0 saturated carbocycles. The number of amides is 2. The molecule has 3 aliphatic rings. The first-order valence-electron chi connectivity index (χ1n) is 9.29. The molecule has 0 bridgehead atoms. The summed E-state index contributed by atoms with van der Waals surface area (Å²) in [6.07, 6.45) is 5.04. The van der Waals surface area contributed by atoms with Gasteiger partial charge in [-0.1, -0.05) is 24.3 Å². The van der Waals surface area contributed by atoms with Gasteiger partial charge >= 0.3 is 0 Å². The Morgan fingerprint density at radius 1 is 0.931 bits per heavy atom. The van der Waals surface area contributed by atoms with E-state index in [-0.39, 0.29) is 17.3 Å². The lowest BCUT2D eigenvalue weighted by Crippen LogP contribution is -2.46. The predicted octanol–water partition coefficient (Wildman–Crippen LogP) is 2.42. The van der Waals surface area contributed by atoms with E-state index in [1.165, 1.54) is 35.4 Å². The highest BCUT2D eigenvalue weighted by atomic mass is 19.1. The predicted molar refractivity (Wildman–Crippen MR) is 104 cm³/mol. The summed E-state index contributed by atoms with van der Waals surface area (Å²) in [5, 5.41) is 5.83. The maximum atomic E-state index is 13.3. The lowest BCUT2D eigenvalue weighted by Gasteiger charge is -2.30. The zero-order chi connectivity index (χ0) is 20.1. The van der Waals surface area contributed by atoms with E-state index in [4.69, 9.17) is 0 Å². The molecule has 0 radical (unpaired) electrons. The number of halogens is 1. The van der Waals surface area contributed by atoms with E-state index in [1.54, 1.807) is 47.5 Å². The van der Waals surface area contributed by atoms with Gasteiger partial charge in [-0.25, -0.2) is 9.29 Å². The van der Waals surface area contributed by atoms with E-state index in [1.807, 2.05) is 0 Å². The number of hydrazone groups is 1. The monoisotopic (exact) mass is 389 g/mol. The minimum atomic E-state index is -0.929. The molecule has 0 unspecified atom stereocenters. The second kappa shape index (κ2) is 6.48. The van der Waals surface area contributed by atoms with Gasteiger partial charge in [-0.05, 0) is 42.5 Å². The number of allylic oxidation sites excluding steroid dienone is 1. The molecule has 6 nitrogen and oxygen atoms in total. The van der Waals surface area contributed by atoms with Crippen molar-refractivity contribution in [2.45, 2.75) is 12.1 Å². The van der Waals surface area contributed by atoms with Gasteiger partial charge < -0.3 is 0 Å². The third-order valence-corrected chi connectivity index (χ3v) is 5.70. The van der Waals surface area contributed by atoms with Crippen LogP contribution in [0.1, 0.15) is 10.4 Å². The quantitative estimate of drug-likeness (QED) is 0.597. The fourth-order valence-corrected chi connectivity index (χ4v) is 4.45. The average Bonchev–Trinajstić information content (AvgIpc) is 3.22. The number of para-hydroxylation sites is 1. The topological polar surface area (TPSA) is 70.0 Å². The number of hydrogen-bond donors (Lipinski definition) is 0. The number of rotatable bonds is 3. The Kier molecular flexibility index (Phi) is 3.91. The molecule has 2 saturated heterocycles. The highest BCUT2D eigenvalue weighted by Crippen LogP contribution is 2.46. The lowest BCUT2D eigenvalue weighted by molar-refractivity contribution is -0.123. The summed E-state index contributed by atoms with van der Waals surface area (Å²) < 4.78 is 13.3. The molecule has 0 spiro atoms. The Bertz CT molecular complexity index is 1060. The normalized spacial score (nSPS) is 27.3. The number of carbonyl (C=O) groups excluding carboxylic acids is 3. The highest BCUT2D eigenvalue weighted by Gasteiger charge is 2.64. The van der Waals surface area contributed by atoms with Crippen LogP contribution in [0.25, 0.3) is 0 Å². The number of ketones is 1. The van der Waals surface area contributed by atoms with Crippen LogP contribution in [0, 0.1) is 17.7 Å². The fraction of sp³-hybridized carbons (Fsp3) is 0.182. The van der Waals surface area contributed by atoms with Crippen molar-refractivity contribution in [1.82, 2.24) is 5.01 Å². The summed E-state index contributed by atoms with van der Waals surface area (Å²) >= 11 is 0. The van der Waals surface area contributed by atoms with Gasteiger partial charge in [0.15, 0.2) is 5.78 Å². The number of hydrogen-bond acceptors (Lipinski definition) is 5. The van der Waals surface area contributed by atoms with Gasteiger partial charge in [0, 0.05) is 11.8 Å². The van der Waals surface area contributed by atoms with Crippen molar-refractivity contribution in [3.63, 3.8) is 0 Å². The molecule has 0 N–H and O–H groups in total. The van der Waals surface area contributed by atoms with Gasteiger partial charge in [-0.2, -0.15) is 5.10 Å². The average molecular weight is 389 g/mol. The van der Waals surface area contributed by atoms with Gasteiger partial charge in [0.05, 0.1) is 23.6 Å². The Morgan fingerprint density at radius 2 is 1.62 bits per heavy atom. The molecule has 5 rings (SSSR count). The van der Waals surface area contributed by atoms with Crippen LogP contribution in [0.2, 0.25) is 0 Å². The zero-order valence-corrected chi connectivity index (χ0v) is 15.2. The van der Waals surface area contributed by atoms with Crippen LogP contribution >= 0.6 is 0 Å². The fourth-order valence-electron chi connectivity index (χ4n) is 4.45. The highest BCUT2D eigenvalue weighted by molar-refractivity contribution is 6.24. The molecule has 7 heteroatoms. The van der Waals surface area contributed by atoms with E-state index in [9.17, 15) is 18.8 Å². The van der Waals surface area contributed by atoms with E-state index < -0.39 is 35.6 Å². The first kappa shape index (κ1) is 17.5. The Morgan fingerprint density at radius 3 is 2.34 bits per heavy atom. The third kappa shape index (κ3) is 2.54. The van der Waals surface area contributed by atoms with E-state index in [0.29, 0.717) is 5.69 Å². The molecule has 0 aliphatic carbocycles. The molecule has 2 fully saturated rings. The van der Waals surface area contributed by atoms with Crippen molar-refractivity contribution < 1.29 is 18.8 Å². The Hall–Kier alpha value is -3.61. The smallest absolute Gasteiger partial charge is 0.240 e. The first-order valence-corrected chi connectivity index (χ1v) is 9.29. The molecule has 0 aromatic heterocycles. The molecule has 29 heavy (non-hydrogen) atoms. The van der Waals surface area contributed by atoms with E-state index >= 15 is 0 Å². The molecule has 2 aromatic rings. The summed E-state index contributed by atoms with van der Waals surface area (Å²) in [5.41, 5.74) is 0.763. The van der Waals surface area contributed by atoms with Crippen molar-refractivity contribution in [1.29, 1.82) is 0 Å². The molecule has 3 aliphatic heterocycles. The number of anilines is 1. The number of fused-ring (bicyclic) bond motifs is 3. The van der Waals surface area contributed by atoms with Crippen LogP contribution in [-0.2, 0) is 9.59 Å². The Balaban J connectivity index is 1.58. The second-order valence-corrected chi connectivity index (χ2v) is 7.24. The zero-order valence-electron chi connectivity index (χ0n) is 15.2. The molecule has 4 atom stereocenters. The molecule has 2 amide bonds. The van der Waals surface area contributed by atoms with E-state index in [2.05, 4.69) is 5.10 Å². The van der Waals surface area contributed by atoms with Gasteiger partial charge in [0.2, 0.25) is 11.8 Å². The van der Waals surface area contributed by atoms with Gasteiger partial charge in [-0.3, -0.25) is 19.4 Å². The largest absolute Gasteiger partial charge is 0.292 e. The van der Waals surface area contributed by atoms with Crippen LogP contribution in [0.5, 0.6) is 0 Å². The number of nitrogens with zero attached hydrogens (tertiary/aromatic N) is 3. The van der Waals surface area contributed by atoms with Crippen LogP contribution in [0.4, 0.5) is 10.1 Å². The summed E-state index contributed by atoms with van der Waals surface area (Å²) in [4.78, 5) is 41.0. The van der Waals surface area contributed by atoms with Crippen molar-refractivity contribution in [2.75, 3.05) is 4.90 Å². The van der Waals surface area contributed by atoms with Gasteiger partial charge in [0.25, 0.3) is 0 Å². The SMILES string of the molecule is O=C(c1ccc(F)cc1)[C@H]1[C@@H]2C(=O)N(c3ccccc3)C(=O)[C@@H]2[C@@H]2C=CC=NN21. The van der Waals surface area contributed by atoms with Crippen LogP contribution in [-0.4, -0.2) is 40.9 Å². The Labute approximate surface area is 165 Å². The lowest BCUT2D eigenvalue weighted by atomic mass is 9.86. The molecule has 144 valence electrons. The number of benzene rings is 2. The van der Waals surface area contributed by atoms with Crippen molar-refractivity contribution >= 4 is 29.5 Å². The number of imide groups is 1. The summed E-state index contributed by atoms with van der Waals surface area (Å²) in [7, 11) is 0. The number of Topliss-reactive ketones (excluding diaryl/α,β-unsaturated/α-hetero) is 1. The maximum Gasteiger partial charge on any atom is 0.240 e. The standard InChI is InChI=1S/C22H16FN3O3/c23-14-10-8-13(9-11-14)20(27)19-18-17(16-7-4-12-24-26(16)19)21(28)25(22(18)29)15-5-2-1-3-6-15/h1-12,16-19H/t16-,17+,18+,19+/m0/s1. The van der Waals surface area contributed by atoms with Gasteiger partial charge in [-0.15, -0.1) is 0 Å². The third-order valence-electron chi connectivity index (χ3n) is 5.70. The van der Waals surface area contributed by atoms with Gasteiger partial charge in [0.1, 0.15) is 11.9 Å². The summed E-state index contributed by atoms with van der Waals surface area (Å²) in [6, 6.07) is 12.5. The summed E-state index contributed by atoms with van der Waals surface area (Å²) in [5.74, 6) is -3.12. The van der Waals surface area contributed by atoms with Crippen LogP contribution in [0.15, 0.2) is 71.9 Å². The molecular weight excluding hydrogens is 373 g/mol. The second-order valence-electron chi connectivity index (χ2n) is 7.24.